The normalized spacial score (nSPS) is 11.9. The Kier molecular flexibility index (Phi) is 5.70. The fourth-order valence-corrected chi connectivity index (χ4v) is 4.16. The molecule has 0 atom stereocenters. The number of nitrogens with one attached hydrogen (secondary N) is 1. The summed E-state index contributed by atoms with van der Waals surface area (Å²) in [7, 11) is 0. The van der Waals surface area contributed by atoms with Gasteiger partial charge in [-0.15, -0.1) is 11.3 Å². The van der Waals surface area contributed by atoms with Crippen LogP contribution in [0.15, 0.2) is 71.1 Å². The van der Waals surface area contributed by atoms with Crippen LogP contribution in [0.25, 0.3) is 22.2 Å². The highest BCUT2D eigenvalue weighted by Gasteiger charge is 2.16. The third-order valence-electron chi connectivity index (χ3n) is 5.26. The van der Waals surface area contributed by atoms with Crippen LogP contribution < -0.4 is 5.43 Å². The highest BCUT2D eigenvalue weighted by molar-refractivity contribution is 7.11. The van der Waals surface area contributed by atoms with E-state index in [9.17, 15) is 4.79 Å². The Hall–Kier alpha value is -3.31. The van der Waals surface area contributed by atoms with Gasteiger partial charge in [-0.3, -0.25) is 4.79 Å². The maximum atomic E-state index is 13.0. The molecule has 4 rings (SSSR count). The highest BCUT2D eigenvalue weighted by Crippen LogP contribution is 2.28. The van der Waals surface area contributed by atoms with Crippen LogP contribution in [0.2, 0.25) is 0 Å². The first-order chi connectivity index (χ1) is 14.8. The number of carbonyl (C=O) groups excluding carboxylic acids is 1. The van der Waals surface area contributed by atoms with Crippen molar-refractivity contribution in [3.05, 3.63) is 87.6 Å². The number of thiophene rings is 1. The lowest BCUT2D eigenvalue weighted by atomic mass is 9.86. The van der Waals surface area contributed by atoms with Crippen LogP contribution in [0.4, 0.5) is 0 Å². The van der Waals surface area contributed by atoms with Gasteiger partial charge < -0.3 is 0 Å². The monoisotopic (exact) mass is 427 g/mol. The minimum absolute atomic E-state index is 0.0827. The fraction of sp³-hybridized carbons (Fsp3) is 0.192. The Balaban J connectivity index is 1.69. The van der Waals surface area contributed by atoms with E-state index < -0.39 is 0 Å². The number of rotatable bonds is 4. The second-order valence-corrected chi connectivity index (χ2v) is 9.51. The molecule has 0 bridgehead atoms. The topological polar surface area (TPSA) is 54.4 Å². The third kappa shape index (κ3) is 4.57. The second kappa shape index (κ2) is 8.44. The lowest BCUT2D eigenvalue weighted by Crippen LogP contribution is -2.18. The molecule has 2 aromatic carbocycles. The molecule has 0 unspecified atom stereocenters. The molecule has 0 aliphatic carbocycles. The van der Waals surface area contributed by atoms with Crippen LogP contribution >= 0.6 is 11.3 Å². The number of amides is 1. The minimum atomic E-state index is -0.253. The Morgan fingerprint density at radius 2 is 1.81 bits per heavy atom. The molecule has 2 aromatic heterocycles. The number of para-hydroxylation sites is 1. The zero-order valence-corrected chi connectivity index (χ0v) is 19.0. The van der Waals surface area contributed by atoms with Crippen LogP contribution in [-0.4, -0.2) is 17.1 Å². The molecular weight excluding hydrogens is 402 g/mol. The number of aryl methyl sites for hydroxylation is 1. The Labute approximate surface area is 186 Å². The van der Waals surface area contributed by atoms with Crippen molar-refractivity contribution in [2.24, 2.45) is 5.10 Å². The smallest absolute Gasteiger partial charge is 0.267 e. The SMILES string of the molecule is Cc1ccsc1C=NNC(=O)c1cc(-c2ccc(C(C)(C)C)cc2)nc2ccccc12. The fourth-order valence-electron chi connectivity index (χ4n) is 3.38. The van der Waals surface area contributed by atoms with E-state index in [2.05, 4.69) is 55.6 Å². The molecule has 2 heterocycles. The molecule has 31 heavy (non-hydrogen) atoms. The lowest BCUT2D eigenvalue weighted by Gasteiger charge is -2.19. The van der Waals surface area contributed by atoms with E-state index in [1.807, 2.05) is 48.7 Å². The zero-order chi connectivity index (χ0) is 22.0. The molecule has 1 N–H and O–H groups in total. The number of hydrazone groups is 1. The first kappa shape index (κ1) is 20.9. The third-order valence-corrected chi connectivity index (χ3v) is 6.21. The van der Waals surface area contributed by atoms with E-state index in [-0.39, 0.29) is 11.3 Å². The summed E-state index contributed by atoms with van der Waals surface area (Å²) in [5.41, 5.74) is 8.23. The molecule has 1 amide bonds. The Morgan fingerprint density at radius 1 is 1.06 bits per heavy atom. The zero-order valence-electron chi connectivity index (χ0n) is 18.1. The first-order valence-electron chi connectivity index (χ1n) is 10.2. The number of nitrogens with zero attached hydrogens (tertiary/aromatic N) is 2. The van der Waals surface area contributed by atoms with Gasteiger partial charge in [0.25, 0.3) is 5.91 Å². The molecule has 156 valence electrons. The molecule has 4 aromatic rings. The van der Waals surface area contributed by atoms with Crippen molar-refractivity contribution in [1.82, 2.24) is 10.4 Å². The lowest BCUT2D eigenvalue weighted by molar-refractivity contribution is 0.0956. The largest absolute Gasteiger partial charge is 0.272 e. The van der Waals surface area contributed by atoms with Gasteiger partial charge >= 0.3 is 0 Å². The second-order valence-electron chi connectivity index (χ2n) is 8.57. The number of pyridine rings is 1. The van der Waals surface area contributed by atoms with Crippen LogP contribution in [0, 0.1) is 6.92 Å². The number of hydrogen-bond donors (Lipinski definition) is 1. The Morgan fingerprint density at radius 3 is 2.48 bits per heavy atom. The molecule has 0 aliphatic heterocycles. The molecule has 0 spiro atoms. The maximum Gasteiger partial charge on any atom is 0.272 e. The number of carbonyl (C=O) groups is 1. The van der Waals surface area contributed by atoms with Crippen molar-refractivity contribution in [3.8, 4) is 11.3 Å². The van der Waals surface area contributed by atoms with E-state index in [4.69, 9.17) is 4.98 Å². The number of aromatic nitrogens is 1. The summed E-state index contributed by atoms with van der Waals surface area (Å²) < 4.78 is 0. The number of benzene rings is 2. The molecule has 0 fully saturated rings. The van der Waals surface area contributed by atoms with Crippen molar-refractivity contribution in [2.45, 2.75) is 33.1 Å². The first-order valence-corrected chi connectivity index (χ1v) is 11.1. The minimum Gasteiger partial charge on any atom is -0.267 e. The molecule has 4 nitrogen and oxygen atoms in total. The molecule has 0 saturated carbocycles. The molecule has 5 heteroatoms. The molecule has 0 radical (unpaired) electrons. The average Bonchev–Trinajstić information content (AvgIpc) is 3.17. The van der Waals surface area contributed by atoms with Crippen LogP contribution in [0.5, 0.6) is 0 Å². The standard InChI is InChI=1S/C26H25N3OS/c1-17-13-14-31-24(17)16-27-29-25(30)21-15-23(28-22-8-6-5-7-20(21)22)18-9-11-19(12-10-18)26(2,3)4/h5-16H,1-4H3,(H,29,30). The predicted molar refractivity (Wildman–Crippen MR) is 130 cm³/mol. The summed E-state index contributed by atoms with van der Waals surface area (Å²) in [5.74, 6) is -0.253. The van der Waals surface area contributed by atoms with Crippen LogP contribution in [0.1, 0.15) is 47.1 Å². The van der Waals surface area contributed by atoms with Crippen molar-refractivity contribution < 1.29 is 4.79 Å². The van der Waals surface area contributed by atoms with Gasteiger partial charge in [-0.2, -0.15) is 5.10 Å². The summed E-state index contributed by atoms with van der Waals surface area (Å²) in [6, 6.07) is 19.9. The molecule has 0 aliphatic rings. The van der Waals surface area contributed by atoms with Gasteiger partial charge in [0.2, 0.25) is 0 Å². The average molecular weight is 428 g/mol. The summed E-state index contributed by atoms with van der Waals surface area (Å²) in [6.07, 6.45) is 1.69. The van der Waals surface area contributed by atoms with Crippen LogP contribution in [-0.2, 0) is 5.41 Å². The maximum absolute atomic E-state index is 13.0. The van der Waals surface area contributed by atoms with E-state index in [1.165, 1.54) is 5.56 Å². The number of hydrogen-bond acceptors (Lipinski definition) is 4. The summed E-state index contributed by atoms with van der Waals surface area (Å²) >= 11 is 1.59. The van der Waals surface area contributed by atoms with Gasteiger partial charge in [0, 0.05) is 15.8 Å². The molecular formula is C26H25N3OS. The number of fused-ring (bicyclic) bond motifs is 1. The van der Waals surface area contributed by atoms with Gasteiger partial charge in [-0.1, -0.05) is 63.2 Å². The van der Waals surface area contributed by atoms with E-state index in [0.717, 1.165) is 32.6 Å². The van der Waals surface area contributed by atoms with Crippen molar-refractivity contribution in [3.63, 3.8) is 0 Å². The van der Waals surface area contributed by atoms with E-state index in [1.54, 1.807) is 17.6 Å². The molecule has 0 saturated heterocycles. The van der Waals surface area contributed by atoms with Crippen LogP contribution in [0.3, 0.4) is 0 Å². The van der Waals surface area contributed by atoms with E-state index in [0.29, 0.717) is 5.56 Å². The van der Waals surface area contributed by atoms with Crippen molar-refractivity contribution in [1.29, 1.82) is 0 Å². The van der Waals surface area contributed by atoms with Crippen molar-refractivity contribution >= 4 is 34.4 Å². The quantitative estimate of drug-likeness (QED) is 0.305. The Bertz CT molecular complexity index is 1260. The predicted octanol–water partition coefficient (Wildman–Crippen LogP) is 6.33. The summed E-state index contributed by atoms with van der Waals surface area (Å²) in [6.45, 7) is 8.60. The summed E-state index contributed by atoms with van der Waals surface area (Å²) in [4.78, 5) is 18.8. The van der Waals surface area contributed by atoms with Gasteiger partial charge in [0.1, 0.15) is 0 Å². The van der Waals surface area contributed by atoms with E-state index >= 15 is 0 Å². The van der Waals surface area contributed by atoms with Crippen molar-refractivity contribution in [2.75, 3.05) is 0 Å². The summed E-state index contributed by atoms with van der Waals surface area (Å²) in [5, 5.41) is 6.97. The van der Waals surface area contributed by atoms with Gasteiger partial charge in [0.05, 0.1) is 23.0 Å². The van der Waals surface area contributed by atoms with Gasteiger partial charge in [-0.25, -0.2) is 10.4 Å². The van der Waals surface area contributed by atoms with Gasteiger partial charge in [0.15, 0.2) is 0 Å². The highest BCUT2D eigenvalue weighted by atomic mass is 32.1. The van der Waals surface area contributed by atoms with Gasteiger partial charge in [-0.05, 0) is 47.0 Å².